The number of carbonyl (C=O) groups excluding carboxylic acids is 4. The number of nitrogens with one attached hydrogen (secondary N) is 1. The van der Waals surface area contributed by atoms with Crippen molar-refractivity contribution in [2.75, 3.05) is 51.0 Å². The molecule has 2 saturated heterocycles. The van der Waals surface area contributed by atoms with E-state index in [0.29, 0.717) is 43.3 Å². The lowest BCUT2D eigenvalue weighted by Crippen LogP contribution is -2.42. The molecule has 2 aromatic carbocycles. The van der Waals surface area contributed by atoms with Crippen LogP contribution in [0.4, 0.5) is 10.5 Å². The number of benzene rings is 2. The lowest BCUT2D eigenvalue weighted by atomic mass is 10.2. The van der Waals surface area contributed by atoms with E-state index in [1.165, 1.54) is 0 Å². The number of ether oxygens (including phenoxy) is 2. The molecule has 4 amide bonds. The van der Waals surface area contributed by atoms with Gasteiger partial charge in [-0.15, -0.1) is 11.8 Å². The number of carbonyl (C=O) groups is 4. The van der Waals surface area contributed by atoms with Crippen LogP contribution < -0.4 is 10.1 Å². The highest BCUT2D eigenvalue weighted by atomic mass is 32.2. The van der Waals surface area contributed by atoms with Crippen molar-refractivity contribution in [1.29, 1.82) is 0 Å². The molecule has 0 radical (unpaired) electrons. The summed E-state index contributed by atoms with van der Waals surface area (Å²) < 4.78 is 10.8. The zero-order valence-corrected chi connectivity index (χ0v) is 21.2. The molecule has 2 aromatic rings. The van der Waals surface area contributed by atoms with Gasteiger partial charge >= 0.3 is 0 Å². The van der Waals surface area contributed by atoms with Gasteiger partial charge in [0.25, 0.3) is 17.1 Å². The van der Waals surface area contributed by atoms with E-state index < -0.39 is 17.1 Å². The van der Waals surface area contributed by atoms with Crippen LogP contribution in [0.25, 0.3) is 6.08 Å². The van der Waals surface area contributed by atoms with E-state index in [2.05, 4.69) is 5.32 Å². The zero-order valence-electron chi connectivity index (χ0n) is 19.6. The van der Waals surface area contributed by atoms with E-state index in [1.54, 1.807) is 53.1 Å². The summed E-state index contributed by atoms with van der Waals surface area (Å²) in [6.45, 7) is 1.74. The standard InChI is InChI=1S/C25H25N3O6S2/c1-35-20-4-2-3-18(14-20)26-22(29)15-28-24(31)21(36-25(28)32)13-17-5-7-19(8-6-17)34-16-23(30)27-9-11-33-12-10-27/h2-8,13-14H,9-12,15-16H2,1H3,(H,26,29)/b21-13+. The molecule has 11 heteroatoms. The Labute approximate surface area is 217 Å². The van der Waals surface area contributed by atoms with Crippen molar-refractivity contribution in [3.05, 3.63) is 59.0 Å². The van der Waals surface area contributed by atoms with Crippen molar-refractivity contribution in [2.45, 2.75) is 4.90 Å². The minimum absolute atomic E-state index is 0.0676. The highest BCUT2D eigenvalue weighted by Gasteiger charge is 2.36. The molecule has 0 atom stereocenters. The normalized spacial score (nSPS) is 17.0. The average molecular weight is 528 g/mol. The molecule has 0 spiro atoms. The number of amides is 4. The minimum atomic E-state index is -0.519. The molecule has 0 aromatic heterocycles. The van der Waals surface area contributed by atoms with Crippen LogP contribution in [-0.2, 0) is 19.1 Å². The maximum atomic E-state index is 12.8. The van der Waals surface area contributed by atoms with Crippen molar-refractivity contribution in [3.8, 4) is 5.75 Å². The SMILES string of the molecule is CSc1cccc(NC(=O)CN2C(=O)S/C(=C/c3ccc(OCC(=O)N4CCOCC4)cc3)C2=O)c1. The molecule has 0 aliphatic carbocycles. The number of rotatable bonds is 8. The molecule has 2 heterocycles. The van der Waals surface area contributed by atoms with E-state index in [-0.39, 0.29) is 24.0 Å². The molecule has 188 valence electrons. The van der Waals surface area contributed by atoms with Gasteiger partial charge in [-0.3, -0.25) is 24.1 Å². The molecule has 2 aliphatic rings. The van der Waals surface area contributed by atoms with Gasteiger partial charge in [0.1, 0.15) is 12.3 Å². The van der Waals surface area contributed by atoms with Crippen LogP contribution in [0, 0.1) is 0 Å². The van der Waals surface area contributed by atoms with Crippen LogP contribution in [-0.4, -0.2) is 78.5 Å². The maximum absolute atomic E-state index is 12.8. The summed E-state index contributed by atoms with van der Waals surface area (Å²) in [5.41, 5.74) is 1.29. The third kappa shape index (κ3) is 6.68. The van der Waals surface area contributed by atoms with Crippen LogP contribution in [0.1, 0.15) is 5.56 Å². The molecular formula is C25H25N3O6S2. The van der Waals surface area contributed by atoms with Crippen molar-refractivity contribution in [2.24, 2.45) is 0 Å². The van der Waals surface area contributed by atoms with Crippen LogP contribution in [0.15, 0.2) is 58.3 Å². The number of hydrogen-bond donors (Lipinski definition) is 1. The van der Waals surface area contributed by atoms with Crippen molar-refractivity contribution >= 4 is 58.2 Å². The first kappa shape index (κ1) is 25.8. The van der Waals surface area contributed by atoms with Crippen molar-refractivity contribution < 1.29 is 28.7 Å². The molecule has 1 N–H and O–H groups in total. The molecule has 0 bridgehead atoms. The summed E-state index contributed by atoms with van der Waals surface area (Å²) in [4.78, 5) is 53.6. The highest BCUT2D eigenvalue weighted by molar-refractivity contribution is 8.18. The summed E-state index contributed by atoms with van der Waals surface area (Å²) in [6.07, 6.45) is 3.52. The predicted molar refractivity (Wildman–Crippen MR) is 139 cm³/mol. The number of anilines is 1. The number of nitrogens with zero attached hydrogens (tertiary/aromatic N) is 2. The Hall–Kier alpha value is -3.28. The Bertz CT molecular complexity index is 1180. The lowest BCUT2D eigenvalue weighted by Gasteiger charge is -2.26. The molecule has 2 fully saturated rings. The Morgan fingerprint density at radius 2 is 1.89 bits per heavy atom. The molecule has 9 nitrogen and oxygen atoms in total. The smallest absolute Gasteiger partial charge is 0.294 e. The first-order valence-corrected chi connectivity index (χ1v) is 13.2. The Morgan fingerprint density at radius 3 is 2.61 bits per heavy atom. The van der Waals surface area contributed by atoms with Gasteiger partial charge in [0.2, 0.25) is 5.91 Å². The average Bonchev–Trinajstić information content (AvgIpc) is 3.15. The van der Waals surface area contributed by atoms with Crippen molar-refractivity contribution in [1.82, 2.24) is 9.80 Å². The Morgan fingerprint density at radius 1 is 1.14 bits per heavy atom. The van der Waals surface area contributed by atoms with Gasteiger partial charge < -0.3 is 19.7 Å². The fraction of sp³-hybridized carbons (Fsp3) is 0.280. The van der Waals surface area contributed by atoms with E-state index in [1.807, 2.05) is 24.5 Å². The van der Waals surface area contributed by atoms with Crippen LogP contribution in [0.2, 0.25) is 0 Å². The second kappa shape index (κ2) is 12.1. The summed E-state index contributed by atoms with van der Waals surface area (Å²) >= 11 is 2.33. The van der Waals surface area contributed by atoms with E-state index in [0.717, 1.165) is 21.6 Å². The summed E-state index contributed by atoms with van der Waals surface area (Å²) in [5, 5.41) is 2.22. The monoisotopic (exact) mass is 527 g/mol. The minimum Gasteiger partial charge on any atom is -0.484 e. The molecule has 4 rings (SSSR count). The van der Waals surface area contributed by atoms with Gasteiger partial charge in [0.05, 0.1) is 18.1 Å². The third-order valence-electron chi connectivity index (χ3n) is 5.43. The van der Waals surface area contributed by atoms with Gasteiger partial charge in [-0.2, -0.15) is 0 Å². The van der Waals surface area contributed by atoms with Crippen LogP contribution in [0.5, 0.6) is 5.75 Å². The van der Waals surface area contributed by atoms with Crippen molar-refractivity contribution in [3.63, 3.8) is 0 Å². The number of morpholine rings is 1. The Balaban J connectivity index is 1.31. The van der Waals surface area contributed by atoms with Gasteiger partial charge in [-0.1, -0.05) is 18.2 Å². The van der Waals surface area contributed by atoms with Crippen LogP contribution >= 0.6 is 23.5 Å². The van der Waals surface area contributed by atoms with Gasteiger partial charge in [0, 0.05) is 23.7 Å². The second-order valence-electron chi connectivity index (χ2n) is 7.90. The van der Waals surface area contributed by atoms with E-state index in [9.17, 15) is 19.2 Å². The summed E-state index contributed by atoms with van der Waals surface area (Å²) in [6, 6.07) is 14.2. The summed E-state index contributed by atoms with van der Waals surface area (Å²) in [5.74, 6) is -0.555. The van der Waals surface area contributed by atoms with Gasteiger partial charge in [-0.05, 0) is 60.0 Å². The van der Waals surface area contributed by atoms with Gasteiger partial charge in [0.15, 0.2) is 6.61 Å². The quantitative estimate of drug-likeness (QED) is 0.412. The fourth-order valence-corrected chi connectivity index (χ4v) is 4.84. The van der Waals surface area contributed by atoms with E-state index in [4.69, 9.17) is 9.47 Å². The number of hydrogen-bond acceptors (Lipinski definition) is 8. The molecule has 0 saturated carbocycles. The molecular weight excluding hydrogens is 502 g/mol. The number of imide groups is 1. The van der Waals surface area contributed by atoms with Gasteiger partial charge in [-0.25, -0.2) is 0 Å². The largest absolute Gasteiger partial charge is 0.484 e. The number of thioether (sulfide) groups is 2. The highest BCUT2D eigenvalue weighted by Crippen LogP contribution is 2.32. The third-order valence-corrected chi connectivity index (χ3v) is 7.07. The maximum Gasteiger partial charge on any atom is 0.294 e. The summed E-state index contributed by atoms with van der Waals surface area (Å²) in [7, 11) is 0. The first-order valence-electron chi connectivity index (χ1n) is 11.2. The Kier molecular flexibility index (Phi) is 8.68. The second-order valence-corrected chi connectivity index (χ2v) is 9.77. The molecule has 36 heavy (non-hydrogen) atoms. The molecule has 0 unspecified atom stereocenters. The molecule has 2 aliphatic heterocycles. The van der Waals surface area contributed by atoms with E-state index >= 15 is 0 Å². The predicted octanol–water partition coefficient (Wildman–Crippen LogP) is 3.32. The zero-order chi connectivity index (χ0) is 25.5. The first-order chi connectivity index (χ1) is 17.4. The fourth-order valence-electron chi connectivity index (χ4n) is 3.54. The topological polar surface area (TPSA) is 105 Å². The van der Waals surface area contributed by atoms with Crippen LogP contribution in [0.3, 0.4) is 0 Å². The lowest BCUT2D eigenvalue weighted by molar-refractivity contribution is -0.137.